The Kier molecular flexibility index (Phi) is 4.12. The van der Waals surface area contributed by atoms with E-state index in [2.05, 4.69) is 0 Å². The molecule has 1 aliphatic rings. The predicted octanol–water partition coefficient (Wildman–Crippen LogP) is 1.20. The second kappa shape index (κ2) is 4.84. The molecule has 1 atom stereocenters. The second-order valence-corrected chi connectivity index (χ2v) is 8.07. The number of ether oxygens (including phenoxy) is 1. The van der Waals surface area contributed by atoms with Gasteiger partial charge >= 0.3 is 0 Å². The SMILES string of the molecule is CC(C)(C)S(=O)(=O)CCC1COCCC1=O. The van der Waals surface area contributed by atoms with Gasteiger partial charge in [0, 0.05) is 12.3 Å². The second-order valence-electron chi connectivity index (χ2n) is 5.21. The van der Waals surface area contributed by atoms with E-state index in [4.69, 9.17) is 4.74 Å². The highest BCUT2D eigenvalue weighted by atomic mass is 32.2. The molecule has 0 saturated carbocycles. The monoisotopic (exact) mass is 248 g/mol. The minimum Gasteiger partial charge on any atom is -0.380 e. The summed E-state index contributed by atoms with van der Waals surface area (Å²) in [4.78, 5) is 11.5. The standard InChI is InChI=1S/C11H20O4S/c1-11(2,3)16(13,14)7-5-9-8-15-6-4-10(9)12/h9H,4-8H2,1-3H3. The molecule has 0 amide bonds. The normalized spacial score (nSPS) is 23.4. The van der Waals surface area contributed by atoms with Crippen molar-refractivity contribution in [1.82, 2.24) is 0 Å². The summed E-state index contributed by atoms with van der Waals surface area (Å²) in [5.74, 6) is -0.0303. The van der Waals surface area contributed by atoms with Crippen LogP contribution in [0.2, 0.25) is 0 Å². The lowest BCUT2D eigenvalue weighted by atomic mass is 9.98. The number of carbonyl (C=O) groups is 1. The van der Waals surface area contributed by atoms with E-state index in [9.17, 15) is 13.2 Å². The van der Waals surface area contributed by atoms with E-state index in [1.165, 1.54) is 0 Å². The average molecular weight is 248 g/mol. The fraction of sp³-hybridized carbons (Fsp3) is 0.909. The van der Waals surface area contributed by atoms with Gasteiger partial charge in [-0.05, 0) is 27.2 Å². The Morgan fingerprint density at radius 2 is 2.00 bits per heavy atom. The molecule has 16 heavy (non-hydrogen) atoms. The summed E-state index contributed by atoms with van der Waals surface area (Å²) >= 11 is 0. The third-order valence-electron chi connectivity index (χ3n) is 2.94. The highest BCUT2D eigenvalue weighted by Crippen LogP contribution is 2.21. The lowest BCUT2D eigenvalue weighted by molar-refractivity contribution is -0.130. The van der Waals surface area contributed by atoms with Gasteiger partial charge in [-0.25, -0.2) is 8.42 Å². The Hall–Kier alpha value is -0.420. The minimum atomic E-state index is -3.13. The summed E-state index contributed by atoms with van der Waals surface area (Å²) < 4.78 is 28.1. The summed E-state index contributed by atoms with van der Waals surface area (Å²) in [6.45, 7) is 5.89. The fourth-order valence-corrected chi connectivity index (χ4v) is 2.75. The number of sulfone groups is 1. The van der Waals surface area contributed by atoms with Crippen LogP contribution in [-0.4, -0.2) is 37.9 Å². The molecule has 1 aliphatic heterocycles. The lowest BCUT2D eigenvalue weighted by Crippen LogP contribution is -2.34. The Bertz CT molecular complexity index is 351. The lowest BCUT2D eigenvalue weighted by Gasteiger charge is -2.23. The summed E-state index contributed by atoms with van der Waals surface area (Å²) in [6, 6.07) is 0. The molecule has 0 aromatic rings. The van der Waals surface area contributed by atoms with E-state index in [1.807, 2.05) is 0 Å². The zero-order chi connectivity index (χ0) is 12.4. The summed E-state index contributed by atoms with van der Waals surface area (Å²) in [6.07, 6.45) is 0.804. The molecule has 1 fully saturated rings. The van der Waals surface area contributed by atoms with Crippen LogP contribution >= 0.6 is 0 Å². The molecule has 0 bridgehead atoms. The zero-order valence-electron chi connectivity index (χ0n) is 10.2. The van der Waals surface area contributed by atoms with E-state index in [1.54, 1.807) is 20.8 Å². The maximum Gasteiger partial charge on any atom is 0.155 e. The van der Waals surface area contributed by atoms with Gasteiger partial charge in [-0.1, -0.05) is 0 Å². The van der Waals surface area contributed by atoms with Crippen molar-refractivity contribution in [1.29, 1.82) is 0 Å². The average Bonchev–Trinajstić information content (AvgIpc) is 2.15. The first-order valence-corrected chi connectivity index (χ1v) is 7.22. The van der Waals surface area contributed by atoms with E-state index in [0.717, 1.165) is 0 Å². The molecular weight excluding hydrogens is 228 g/mol. The molecule has 0 radical (unpaired) electrons. The zero-order valence-corrected chi connectivity index (χ0v) is 11.0. The first kappa shape index (κ1) is 13.6. The third kappa shape index (κ3) is 3.28. The number of ketones is 1. The Balaban J connectivity index is 2.54. The van der Waals surface area contributed by atoms with Crippen LogP contribution in [0.1, 0.15) is 33.6 Å². The highest BCUT2D eigenvalue weighted by Gasteiger charge is 2.31. The van der Waals surface area contributed by atoms with Crippen LogP contribution in [0.15, 0.2) is 0 Å². The van der Waals surface area contributed by atoms with Gasteiger partial charge in [0.05, 0.1) is 23.7 Å². The van der Waals surface area contributed by atoms with E-state index >= 15 is 0 Å². The molecular formula is C11H20O4S. The number of carbonyl (C=O) groups excluding carboxylic acids is 1. The van der Waals surface area contributed by atoms with Crippen molar-refractivity contribution in [2.45, 2.75) is 38.4 Å². The fourth-order valence-electron chi connectivity index (χ4n) is 1.54. The van der Waals surface area contributed by atoms with Crippen LogP contribution in [0.3, 0.4) is 0 Å². The van der Waals surface area contributed by atoms with Gasteiger partial charge in [0.2, 0.25) is 0 Å². The Morgan fingerprint density at radius 3 is 2.50 bits per heavy atom. The van der Waals surface area contributed by atoms with Crippen LogP contribution in [0.25, 0.3) is 0 Å². The predicted molar refractivity (Wildman–Crippen MR) is 62.1 cm³/mol. The van der Waals surface area contributed by atoms with Gasteiger partial charge in [-0.2, -0.15) is 0 Å². The van der Waals surface area contributed by atoms with Gasteiger partial charge in [0.1, 0.15) is 5.78 Å². The van der Waals surface area contributed by atoms with Crippen molar-refractivity contribution in [3.05, 3.63) is 0 Å². The van der Waals surface area contributed by atoms with Crippen LogP contribution in [0.4, 0.5) is 0 Å². The molecule has 5 heteroatoms. The number of rotatable bonds is 3. The molecule has 1 saturated heterocycles. The topological polar surface area (TPSA) is 60.4 Å². The van der Waals surface area contributed by atoms with Gasteiger partial charge in [-0.3, -0.25) is 4.79 Å². The molecule has 0 aromatic heterocycles. The third-order valence-corrected chi connectivity index (χ3v) is 5.57. The first-order valence-electron chi connectivity index (χ1n) is 5.57. The van der Waals surface area contributed by atoms with Crippen molar-refractivity contribution in [3.8, 4) is 0 Å². The van der Waals surface area contributed by atoms with Gasteiger partial charge in [0.25, 0.3) is 0 Å². The summed E-state index contributed by atoms with van der Waals surface area (Å²) in [5, 5.41) is 0. The van der Waals surface area contributed by atoms with E-state index in [0.29, 0.717) is 26.1 Å². The van der Waals surface area contributed by atoms with Gasteiger partial charge in [-0.15, -0.1) is 0 Å². The molecule has 0 aromatic carbocycles. The smallest absolute Gasteiger partial charge is 0.155 e. The number of Topliss-reactive ketones (excluding diaryl/α,β-unsaturated/α-hetero) is 1. The maximum atomic E-state index is 11.8. The molecule has 1 rings (SSSR count). The summed E-state index contributed by atoms with van der Waals surface area (Å²) in [7, 11) is -3.13. The molecule has 94 valence electrons. The molecule has 4 nitrogen and oxygen atoms in total. The van der Waals surface area contributed by atoms with Crippen molar-refractivity contribution >= 4 is 15.6 Å². The molecule has 0 N–H and O–H groups in total. The molecule has 0 spiro atoms. The largest absolute Gasteiger partial charge is 0.380 e. The number of hydrogen-bond donors (Lipinski definition) is 0. The molecule has 0 aliphatic carbocycles. The highest BCUT2D eigenvalue weighted by molar-refractivity contribution is 7.92. The van der Waals surface area contributed by atoms with Crippen LogP contribution in [-0.2, 0) is 19.4 Å². The molecule has 1 unspecified atom stereocenters. The van der Waals surface area contributed by atoms with Gasteiger partial charge in [0.15, 0.2) is 9.84 Å². The van der Waals surface area contributed by atoms with Crippen molar-refractivity contribution in [2.24, 2.45) is 5.92 Å². The maximum absolute atomic E-state index is 11.8. The number of hydrogen-bond acceptors (Lipinski definition) is 4. The quantitative estimate of drug-likeness (QED) is 0.753. The van der Waals surface area contributed by atoms with Crippen LogP contribution in [0.5, 0.6) is 0 Å². The van der Waals surface area contributed by atoms with E-state index < -0.39 is 14.6 Å². The van der Waals surface area contributed by atoms with Crippen molar-refractivity contribution in [3.63, 3.8) is 0 Å². The van der Waals surface area contributed by atoms with Crippen molar-refractivity contribution < 1.29 is 17.9 Å². The Morgan fingerprint density at radius 1 is 1.38 bits per heavy atom. The van der Waals surface area contributed by atoms with Crippen molar-refractivity contribution in [2.75, 3.05) is 19.0 Å². The molecule has 1 heterocycles. The van der Waals surface area contributed by atoms with Crippen LogP contribution in [0, 0.1) is 5.92 Å². The van der Waals surface area contributed by atoms with Gasteiger partial charge < -0.3 is 4.74 Å². The summed E-state index contributed by atoms with van der Waals surface area (Å²) in [5.41, 5.74) is 0. The Labute approximate surface area is 97.3 Å². The minimum absolute atomic E-state index is 0.0657. The first-order chi connectivity index (χ1) is 7.24. The van der Waals surface area contributed by atoms with E-state index in [-0.39, 0.29) is 17.5 Å². The van der Waals surface area contributed by atoms with Crippen LogP contribution < -0.4 is 0 Å².